The molecule has 4 aliphatic carbocycles. The van der Waals surface area contributed by atoms with Crippen LogP contribution in [0.25, 0.3) is 0 Å². The van der Waals surface area contributed by atoms with Crippen molar-refractivity contribution in [3.63, 3.8) is 0 Å². The van der Waals surface area contributed by atoms with Gasteiger partial charge in [0, 0.05) is 23.7 Å². The Balaban J connectivity index is 1.36. The summed E-state index contributed by atoms with van der Waals surface area (Å²) in [6, 6.07) is 2.90. The molecule has 0 N–H and O–H groups in total. The number of epoxide rings is 1. The van der Waals surface area contributed by atoms with Crippen molar-refractivity contribution in [2.45, 2.75) is 77.0 Å². The van der Waals surface area contributed by atoms with Gasteiger partial charge in [0.25, 0.3) is 0 Å². The van der Waals surface area contributed by atoms with Gasteiger partial charge in [-0.2, -0.15) is 0 Å². The molecule has 4 fully saturated rings. The van der Waals surface area contributed by atoms with Gasteiger partial charge < -0.3 is 23.4 Å². The number of rotatable bonds is 5. The molecule has 0 bridgehead atoms. The minimum Gasteiger partial charge on any atom is -0.466 e. The van der Waals surface area contributed by atoms with Gasteiger partial charge in [-0.1, -0.05) is 19.9 Å². The Morgan fingerprint density at radius 1 is 1.15 bits per heavy atom. The average Bonchev–Trinajstić information content (AvgIpc) is 3.34. The highest BCUT2D eigenvalue weighted by Crippen LogP contribution is 2.77. The maximum absolute atomic E-state index is 15.8. The molecule has 1 aromatic heterocycles. The molecule has 0 amide bonds. The van der Waals surface area contributed by atoms with Crippen molar-refractivity contribution < 1.29 is 46.9 Å². The SMILES string of the molecule is COC(=O)[C@@]1(OC(=O)c2ccc(COC(C)=O)o2)[C@H](C)CC2C3C[C@H](F)C4=CC(=O)C=C[C@]4(C)[C@@]34O[C@H]4C[C@@]21C. The van der Waals surface area contributed by atoms with Crippen LogP contribution in [-0.4, -0.2) is 54.3 Å². The maximum Gasteiger partial charge on any atom is 0.375 e. The third-order valence-electron chi connectivity index (χ3n) is 10.5. The summed E-state index contributed by atoms with van der Waals surface area (Å²) in [4.78, 5) is 50.4. The number of halogens is 1. The van der Waals surface area contributed by atoms with Crippen LogP contribution in [0.5, 0.6) is 0 Å². The van der Waals surface area contributed by atoms with Crippen LogP contribution in [-0.2, 0) is 39.9 Å². The molecule has 0 radical (unpaired) electrons. The highest BCUT2D eigenvalue weighted by molar-refractivity contribution is 6.01. The molecule has 5 aliphatic rings. The van der Waals surface area contributed by atoms with Gasteiger partial charge >= 0.3 is 17.9 Å². The van der Waals surface area contributed by atoms with Crippen molar-refractivity contribution in [3.05, 3.63) is 47.5 Å². The standard InChI is InChI=1S/C30H33FO9/c1-15-10-19-20-12-22(31)21-11-17(33)8-9-27(21,3)30(20)24(39-30)13-28(19,4)29(15,26(35)36-5)40-25(34)23-7-6-18(38-23)14-37-16(2)32/h6-9,11,15,19-20,22,24H,10,12-14H2,1-5H3/t15-,19?,20?,22+,24+,27+,28+,29+,30-/m1/s1. The molecule has 10 heteroatoms. The number of esters is 3. The number of methoxy groups -OCH3 is 1. The number of alkyl halides is 1. The van der Waals surface area contributed by atoms with E-state index in [4.69, 9.17) is 23.4 Å². The molecule has 9 nitrogen and oxygen atoms in total. The summed E-state index contributed by atoms with van der Waals surface area (Å²) in [5.74, 6) is -3.11. The summed E-state index contributed by atoms with van der Waals surface area (Å²) >= 11 is 0. The first kappa shape index (κ1) is 26.9. The summed E-state index contributed by atoms with van der Waals surface area (Å²) in [6.45, 7) is 6.80. The van der Waals surface area contributed by atoms with Crippen LogP contribution in [0.3, 0.4) is 0 Å². The minimum absolute atomic E-state index is 0.140. The minimum atomic E-state index is -1.67. The van der Waals surface area contributed by atoms with Gasteiger partial charge in [0.15, 0.2) is 5.78 Å². The predicted molar refractivity (Wildman–Crippen MR) is 135 cm³/mol. The van der Waals surface area contributed by atoms with Crippen LogP contribution in [0.4, 0.5) is 4.39 Å². The van der Waals surface area contributed by atoms with Gasteiger partial charge in [-0.3, -0.25) is 9.59 Å². The van der Waals surface area contributed by atoms with Crippen molar-refractivity contribution in [2.75, 3.05) is 7.11 Å². The fraction of sp³-hybridized carbons (Fsp3) is 0.600. The van der Waals surface area contributed by atoms with Gasteiger partial charge in [0.05, 0.1) is 13.2 Å². The highest BCUT2D eigenvalue weighted by atomic mass is 19.1. The Morgan fingerprint density at radius 2 is 1.90 bits per heavy atom. The van der Waals surface area contributed by atoms with E-state index in [0.29, 0.717) is 18.4 Å². The molecule has 6 rings (SSSR count). The Labute approximate surface area is 231 Å². The number of allylic oxidation sites excluding steroid dienone is 2. The van der Waals surface area contributed by atoms with Crippen molar-refractivity contribution in [3.8, 4) is 0 Å². The highest BCUT2D eigenvalue weighted by Gasteiger charge is 2.84. The van der Waals surface area contributed by atoms with Crippen LogP contribution in [0, 0.1) is 28.6 Å². The lowest BCUT2D eigenvalue weighted by atomic mass is 9.46. The van der Waals surface area contributed by atoms with Gasteiger partial charge in [-0.05, 0) is 67.9 Å². The smallest absolute Gasteiger partial charge is 0.375 e. The first-order valence-electron chi connectivity index (χ1n) is 13.6. The van der Waals surface area contributed by atoms with E-state index in [1.54, 1.807) is 6.08 Å². The van der Waals surface area contributed by atoms with Crippen LogP contribution in [0.1, 0.15) is 63.3 Å². The molecule has 40 heavy (non-hydrogen) atoms. The van der Waals surface area contributed by atoms with Gasteiger partial charge in [0.2, 0.25) is 11.4 Å². The van der Waals surface area contributed by atoms with Crippen LogP contribution in [0.15, 0.2) is 40.4 Å². The number of ether oxygens (including phenoxy) is 4. The molecular weight excluding hydrogens is 523 g/mol. The third-order valence-corrected chi connectivity index (χ3v) is 10.5. The lowest BCUT2D eigenvalue weighted by Crippen LogP contribution is -2.64. The quantitative estimate of drug-likeness (QED) is 0.300. The Hall–Kier alpha value is -3.27. The normalized spacial score (nSPS) is 42.5. The topological polar surface area (TPSA) is 122 Å². The van der Waals surface area contributed by atoms with Crippen molar-refractivity contribution in [1.29, 1.82) is 0 Å². The van der Waals surface area contributed by atoms with E-state index in [9.17, 15) is 19.2 Å². The van der Waals surface area contributed by atoms with Crippen LogP contribution in [0.2, 0.25) is 0 Å². The fourth-order valence-electron chi connectivity index (χ4n) is 8.74. The Bertz CT molecular complexity index is 1380. The summed E-state index contributed by atoms with van der Waals surface area (Å²) in [5.41, 5.74) is -3.65. The molecule has 1 aromatic rings. The van der Waals surface area contributed by atoms with E-state index in [2.05, 4.69) is 0 Å². The monoisotopic (exact) mass is 556 g/mol. The van der Waals surface area contributed by atoms with Crippen LogP contribution < -0.4 is 0 Å². The third kappa shape index (κ3) is 3.28. The van der Waals surface area contributed by atoms with Gasteiger partial charge in [-0.25, -0.2) is 14.0 Å². The van der Waals surface area contributed by atoms with Crippen LogP contribution >= 0.6 is 0 Å². The first-order valence-corrected chi connectivity index (χ1v) is 13.6. The Kier molecular flexibility index (Phi) is 5.80. The second-order valence-electron chi connectivity index (χ2n) is 12.3. The zero-order valence-corrected chi connectivity index (χ0v) is 23.2. The molecule has 2 unspecified atom stereocenters. The maximum atomic E-state index is 15.8. The fourth-order valence-corrected chi connectivity index (χ4v) is 8.74. The first-order chi connectivity index (χ1) is 18.8. The number of carbonyl (C=O) groups excluding carboxylic acids is 4. The van der Waals surface area contributed by atoms with E-state index in [1.165, 1.54) is 38.3 Å². The summed E-state index contributed by atoms with van der Waals surface area (Å²) in [5, 5.41) is 0. The largest absolute Gasteiger partial charge is 0.466 e. The molecule has 9 atom stereocenters. The number of ketones is 1. The number of hydrogen-bond acceptors (Lipinski definition) is 9. The second-order valence-corrected chi connectivity index (χ2v) is 12.3. The van der Waals surface area contributed by atoms with Crippen molar-refractivity contribution >= 4 is 23.7 Å². The molecule has 1 aliphatic heterocycles. The molecule has 1 spiro atoms. The Morgan fingerprint density at radius 3 is 2.60 bits per heavy atom. The molecule has 214 valence electrons. The number of fused-ring (bicyclic) bond motifs is 3. The number of carbonyl (C=O) groups is 4. The zero-order chi connectivity index (χ0) is 28.8. The summed E-state index contributed by atoms with van der Waals surface area (Å²) < 4.78 is 44.2. The average molecular weight is 557 g/mol. The second kappa shape index (κ2) is 8.61. The zero-order valence-electron chi connectivity index (χ0n) is 23.2. The van der Waals surface area contributed by atoms with E-state index in [-0.39, 0.29) is 48.3 Å². The van der Waals surface area contributed by atoms with E-state index in [0.717, 1.165) is 0 Å². The van der Waals surface area contributed by atoms with Crippen molar-refractivity contribution in [1.82, 2.24) is 0 Å². The predicted octanol–water partition coefficient (Wildman–Crippen LogP) is 4.04. The van der Waals surface area contributed by atoms with Gasteiger partial charge in [0.1, 0.15) is 24.1 Å². The van der Waals surface area contributed by atoms with E-state index in [1.807, 2.05) is 20.8 Å². The van der Waals surface area contributed by atoms with Crippen molar-refractivity contribution in [2.24, 2.45) is 28.6 Å². The summed E-state index contributed by atoms with van der Waals surface area (Å²) in [6.07, 6.45) is 4.02. The molecule has 0 aromatic carbocycles. The number of hydrogen-bond donors (Lipinski definition) is 0. The molecule has 1 saturated heterocycles. The van der Waals surface area contributed by atoms with E-state index >= 15 is 4.39 Å². The van der Waals surface area contributed by atoms with Gasteiger partial charge in [-0.15, -0.1) is 0 Å². The summed E-state index contributed by atoms with van der Waals surface area (Å²) in [7, 11) is 1.26. The lowest BCUT2D eigenvalue weighted by molar-refractivity contribution is -0.188. The molecular formula is C30H33FO9. The lowest BCUT2D eigenvalue weighted by Gasteiger charge is -2.56. The molecule has 2 heterocycles. The molecule has 3 saturated carbocycles. The number of furan rings is 1. The van der Waals surface area contributed by atoms with E-state index < -0.39 is 52.0 Å².